The van der Waals surface area contributed by atoms with Gasteiger partial charge < -0.3 is 10.1 Å². The second-order valence-electron chi connectivity index (χ2n) is 1.45. The summed E-state index contributed by atoms with van der Waals surface area (Å²) in [5.41, 5.74) is 0. The minimum Gasteiger partial charge on any atom is -0.379 e. The van der Waals surface area contributed by atoms with E-state index in [1.807, 2.05) is 0 Å². The molecular formula is C5H9NO3. The van der Waals surface area contributed by atoms with E-state index in [2.05, 4.69) is 5.32 Å². The van der Waals surface area contributed by atoms with E-state index < -0.39 is 0 Å². The first-order valence-corrected chi connectivity index (χ1v) is 2.69. The van der Waals surface area contributed by atoms with Gasteiger partial charge in [0.25, 0.3) is 0 Å². The van der Waals surface area contributed by atoms with Gasteiger partial charge in [-0.2, -0.15) is 9.59 Å². The summed E-state index contributed by atoms with van der Waals surface area (Å²) in [6.45, 7) is 3.83. The third-order valence-corrected chi connectivity index (χ3v) is 0.846. The average molecular weight is 131 g/mol. The van der Waals surface area contributed by atoms with Gasteiger partial charge in [0, 0.05) is 13.1 Å². The molecule has 1 rings (SSSR count). The molecule has 0 aromatic heterocycles. The molecule has 0 bridgehead atoms. The molecule has 1 saturated heterocycles. The molecule has 0 aromatic rings. The molecule has 0 atom stereocenters. The molecule has 1 fully saturated rings. The fourth-order valence-corrected chi connectivity index (χ4v) is 0.516. The number of hydrogen-bond donors (Lipinski definition) is 1. The Morgan fingerprint density at radius 3 is 1.78 bits per heavy atom. The van der Waals surface area contributed by atoms with Crippen LogP contribution < -0.4 is 5.32 Å². The summed E-state index contributed by atoms with van der Waals surface area (Å²) >= 11 is 0. The summed E-state index contributed by atoms with van der Waals surface area (Å²) in [4.78, 5) is 16.2. The summed E-state index contributed by atoms with van der Waals surface area (Å²) in [5, 5.41) is 3.16. The molecule has 0 aromatic carbocycles. The molecule has 0 aliphatic carbocycles. The van der Waals surface area contributed by atoms with Gasteiger partial charge in [-0.15, -0.1) is 0 Å². The quantitative estimate of drug-likeness (QED) is 0.459. The molecule has 1 N–H and O–H groups in total. The zero-order valence-corrected chi connectivity index (χ0v) is 5.05. The molecule has 4 nitrogen and oxygen atoms in total. The molecule has 0 unspecified atom stereocenters. The van der Waals surface area contributed by atoms with Gasteiger partial charge in [0.1, 0.15) is 0 Å². The van der Waals surface area contributed by atoms with Crippen LogP contribution in [0.15, 0.2) is 0 Å². The van der Waals surface area contributed by atoms with Crippen LogP contribution in [0.4, 0.5) is 0 Å². The second kappa shape index (κ2) is 7.30. The molecule has 1 heterocycles. The Bertz CT molecular complexity index is 72.7. The number of carbonyl (C=O) groups excluding carboxylic acids is 2. The molecule has 52 valence electrons. The summed E-state index contributed by atoms with van der Waals surface area (Å²) in [6, 6.07) is 0. The van der Waals surface area contributed by atoms with Crippen LogP contribution in [0.2, 0.25) is 0 Å². The van der Waals surface area contributed by atoms with Gasteiger partial charge in [-0.05, 0) is 0 Å². The van der Waals surface area contributed by atoms with Gasteiger partial charge in [0.05, 0.1) is 13.2 Å². The highest BCUT2D eigenvalue weighted by molar-refractivity contribution is 5.20. The maximum absolute atomic E-state index is 8.12. The van der Waals surface area contributed by atoms with Gasteiger partial charge in [0.2, 0.25) is 0 Å². The largest absolute Gasteiger partial charge is 0.379 e. The predicted molar refractivity (Wildman–Crippen MR) is 28.7 cm³/mol. The van der Waals surface area contributed by atoms with Crippen molar-refractivity contribution in [3.8, 4) is 0 Å². The van der Waals surface area contributed by atoms with Gasteiger partial charge in [-0.3, -0.25) is 0 Å². The van der Waals surface area contributed by atoms with Gasteiger partial charge in [-0.1, -0.05) is 0 Å². The fraction of sp³-hybridized carbons (Fsp3) is 0.800. The maximum Gasteiger partial charge on any atom is 0.373 e. The highest BCUT2D eigenvalue weighted by Gasteiger charge is 1.92. The summed E-state index contributed by atoms with van der Waals surface area (Å²) in [7, 11) is 0. The highest BCUT2D eigenvalue weighted by atomic mass is 16.5. The molecule has 0 spiro atoms. The van der Waals surface area contributed by atoms with Crippen LogP contribution in [0.3, 0.4) is 0 Å². The van der Waals surface area contributed by atoms with Crippen molar-refractivity contribution in [3.05, 3.63) is 0 Å². The van der Waals surface area contributed by atoms with Crippen molar-refractivity contribution >= 4 is 6.15 Å². The third-order valence-electron chi connectivity index (χ3n) is 0.846. The van der Waals surface area contributed by atoms with Crippen LogP contribution >= 0.6 is 0 Å². The minimum atomic E-state index is 0.250. The molecule has 0 saturated carbocycles. The molecular weight excluding hydrogens is 122 g/mol. The lowest BCUT2D eigenvalue weighted by Gasteiger charge is -2.10. The summed E-state index contributed by atoms with van der Waals surface area (Å²) < 4.78 is 5.01. The Morgan fingerprint density at radius 2 is 1.67 bits per heavy atom. The van der Waals surface area contributed by atoms with E-state index in [1.165, 1.54) is 0 Å². The Kier molecular flexibility index (Phi) is 6.73. The lowest BCUT2D eigenvalue weighted by molar-refractivity contribution is -0.191. The standard InChI is InChI=1S/C4H9NO.CO2/c1-3-6-4-2-5-1;2-1-3/h5H,1-4H2;. The van der Waals surface area contributed by atoms with E-state index in [4.69, 9.17) is 14.3 Å². The maximum atomic E-state index is 8.12. The SMILES string of the molecule is C1COCCN1.O=C=O. The molecule has 9 heavy (non-hydrogen) atoms. The fourth-order valence-electron chi connectivity index (χ4n) is 0.516. The van der Waals surface area contributed by atoms with Crippen molar-refractivity contribution in [1.82, 2.24) is 5.32 Å². The van der Waals surface area contributed by atoms with Crippen LogP contribution in [-0.4, -0.2) is 32.5 Å². The molecule has 0 amide bonds. The van der Waals surface area contributed by atoms with Crippen LogP contribution in [-0.2, 0) is 14.3 Å². The third kappa shape index (κ3) is 7.30. The lowest BCUT2D eigenvalue weighted by atomic mass is 10.5. The predicted octanol–water partition coefficient (Wildman–Crippen LogP) is -0.977. The lowest BCUT2D eigenvalue weighted by Crippen LogP contribution is -2.30. The molecule has 1 aliphatic rings. The van der Waals surface area contributed by atoms with E-state index in [-0.39, 0.29) is 6.15 Å². The first-order chi connectivity index (χ1) is 4.41. The number of morpholine rings is 1. The monoisotopic (exact) mass is 131 g/mol. The Balaban J connectivity index is 0.000000187. The van der Waals surface area contributed by atoms with Crippen LogP contribution in [0.25, 0.3) is 0 Å². The first-order valence-electron chi connectivity index (χ1n) is 2.69. The van der Waals surface area contributed by atoms with Crippen molar-refractivity contribution in [1.29, 1.82) is 0 Å². The normalized spacial score (nSPS) is 16.9. The number of hydrogen-bond acceptors (Lipinski definition) is 4. The van der Waals surface area contributed by atoms with Crippen LogP contribution in [0.1, 0.15) is 0 Å². The van der Waals surface area contributed by atoms with Crippen molar-refractivity contribution in [2.45, 2.75) is 0 Å². The van der Waals surface area contributed by atoms with E-state index >= 15 is 0 Å². The van der Waals surface area contributed by atoms with Crippen LogP contribution in [0, 0.1) is 0 Å². The van der Waals surface area contributed by atoms with E-state index in [0.717, 1.165) is 26.3 Å². The Labute approximate surface area is 53.2 Å². The topological polar surface area (TPSA) is 55.4 Å². The van der Waals surface area contributed by atoms with Crippen molar-refractivity contribution < 1.29 is 14.3 Å². The van der Waals surface area contributed by atoms with Gasteiger partial charge in [0.15, 0.2) is 0 Å². The van der Waals surface area contributed by atoms with Gasteiger partial charge >= 0.3 is 6.15 Å². The average Bonchev–Trinajstić information content (AvgIpc) is 1.93. The molecule has 1 aliphatic heterocycles. The second-order valence-corrected chi connectivity index (χ2v) is 1.45. The van der Waals surface area contributed by atoms with Crippen molar-refractivity contribution in [2.75, 3.05) is 26.3 Å². The zero-order valence-electron chi connectivity index (χ0n) is 5.05. The highest BCUT2D eigenvalue weighted by Crippen LogP contribution is 1.76. The van der Waals surface area contributed by atoms with Gasteiger partial charge in [-0.25, -0.2) is 0 Å². The van der Waals surface area contributed by atoms with E-state index in [9.17, 15) is 0 Å². The van der Waals surface area contributed by atoms with Crippen molar-refractivity contribution in [3.63, 3.8) is 0 Å². The molecule has 4 heteroatoms. The van der Waals surface area contributed by atoms with Crippen molar-refractivity contribution in [2.24, 2.45) is 0 Å². The Morgan fingerprint density at radius 1 is 1.22 bits per heavy atom. The number of rotatable bonds is 0. The molecule has 0 radical (unpaired) electrons. The number of ether oxygens (including phenoxy) is 1. The number of nitrogens with one attached hydrogen (secondary N) is 1. The van der Waals surface area contributed by atoms with Crippen LogP contribution in [0.5, 0.6) is 0 Å². The smallest absolute Gasteiger partial charge is 0.373 e. The van der Waals surface area contributed by atoms with E-state index in [0.29, 0.717) is 0 Å². The zero-order chi connectivity index (χ0) is 6.95. The summed E-state index contributed by atoms with van der Waals surface area (Å²) in [6.07, 6.45) is 0.250. The Hall–Kier alpha value is -0.700. The summed E-state index contributed by atoms with van der Waals surface area (Å²) in [5.74, 6) is 0. The minimum absolute atomic E-state index is 0.250. The van der Waals surface area contributed by atoms with E-state index in [1.54, 1.807) is 0 Å². The first kappa shape index (κ1) is 8.30.